The number of aryl methyl sites for hydroxylation is 1. The van der Waals surface area contributed by atoms with E-state index < -0.39 is 0 Å². The van der Waals surface area contributed by atoms with E-state index in [-0.39, 0.29) is 5.56 Å². The first kappa shape index (κ1) is 20.5. The lowest BCUT2D eigenvalue weighted by atomic mass is 10.2. The van der Waals surface area contributed by atoms with Crippen molar-refractivity contribution in [3.05, 3.63) is 62.8 Å². The SMILES string of the molecule is CCCCCCn1c(C)[nH+]c2c(c1=O)c1nc3ccccc3nc1n2/N=C/c1cccs1. The third-order valence-corrected chi connectivity index (χ3v) is 6.49. The summed E-state index contributed by atoms with van der Waals surface area (Å²) >= 11 is 1.61. The molecule has 162 valence electrons. The number of aromatic nitrogens is 5. The van der Waals surface area contributed by atoms with Gasteiger partial charge < -0.3 is 0 Å². The Morgan fingerprint density at radius 2 is 1.91 bits per heavy atom. The average molecular weight is 446 g/mol. The van der Waals surface area contributed by atoms with Gasteiger partial charge >= 0.3 is 5.56 Å². The van der Waals surface area contributed by atoms with E-state index in [2.05, 4.69) is 11.9 Å². The molecule has 0 spiro atoms. The van der Waals surface area contributed by atoms with Crippen molar-refractivity contribution in [2.24, 2.45) is 5.10 Å². The molecule has 32 heavy (non-hydrogen) atoms. The fourth-order valence-electron chi connectivity index (χ4n) is 4.03. The van der Waals surface area contributed by atoms with Gasteiger partial charge in [0, 0.05) is 11.8 Å². The number of rotatable bonds is 7. The fourth-order valence-corrected chi connectivity index (χ4v) is 4.61. The van der Waals surface area contributed by atoms with Gasteiger partial charge in [-0.15, -0.1) is 21.1 Å². The molecule has 0 amide bonds. The number of hydrogen-bond acceptors (Lipinski definition) is 5. The van der Waals surface area contributed by atoms with Crippen LogP contribution in [0.2, 0.25) is 0 Å². The Bertz CT molecular complexity index is 1500. The van der Waals surface area contributed by atoms with Crippen LogP contribution in [0.15, 0.2) is 51.7 Å². The zero-order chi connectivity index (χ0) is 22.1. The summed E-state index contributed by atoms with van der Waals surface area (Å²) in [4.78, 5) is 27.7. The molecular formula is C24H25N6OS+. The first-order valence-corrected chi connectivity index (χ1v) is 11.9. The standard InChI is InChI=1S/C24H24N6OS/c1-3-4-5-8-13-29-16(2)26-22-20(24(29)31)21-23(28-19-12-7-6-11-18(19)27-21)30(22)25-15-17-10-9-14-32-17/h6-7,9-12,14-15H,3-5,8,13H2,1-2H3/p+1/b25-15+. The molecule has 7 nitrogen and oxygen atoms in total. The van der Waals surface area contributed by atoms with Gasteiger partial charge in [0.1, 0.15) is 5.52 Å². The minimum absolute atomic E-state index is 0.0487. The highest BCUT2D eigenvalue weighted by molar-refractivity contribution is 7.11. The van der Waals surface area contributed by atoms with E-state index in [1.165, 1.54) is 6.42 Å². The maximum Gasteiger partial charge on any atom is 0.323 e. The third-order valence-electron chi connectivity index (χ3n) is 5.68. The Hall–Kier alpha value is -3.39. The van der Waals surface area contributed by atoms with E-state index in [0.717, 1.165) is 41.0 Å². The zero-order valence-corrected chi connectivity index (χ0v) is 19.0. The van der Waals surface area contributed by atoms with E-state index in [0.29, 0.717) is 28.7 Å². The highest BCUT2D eigenvalue weighted by atomic mass is 32.1. The van der Waals surface area contributed by atoms with Gasteiger partial charge in [0.15, 0.2) is 5.39 Å². The summed E-state index contributed by atoms with van der Waals surface area (Å²) in [5.74, 6) is 0.805. The molecule has 0 aliphatic rings. The van der Waals surface area contributed by atoms with Gasteiger partial charge in [-0.05, 0) is 30.0 Å². The normalized spacial score (nSPS) is 12.1. The second-order valence-corrected chi connectivity index (χ2v) is 8.89. The van der Waals surface area contributed by atoms with Crippen molar-refractivity contribution in [3.8, 4) is 0 Å². The van der Waals surface area contributed by atoms with Gasteiger partial charge in [-0.1, -0.05) is 44.4 Å². The summed E-state index contributed by atoms with van der Waals surface area (Å²) in [6, 6.07) is 11.7. The number of unbranched alkanes of at least 4 members (excludes halogenated alkanes) is 3. The Balaban J connectivity index is 1.76. The molecule has 0 aliphatic carbocycles. The van der Waals surface area contributed by atoms with Crippen LogP contribution in [0.25, 0.3) is 33.2 Å². The molecule has 0 aliphatic heterocycles. The van der Waals surface area contributed by atoms with Crippen molar-refractivity contribution in [3.63, 3.8) is 0 Å². The largest absolute Gasteiger partial charge is 0.323 e. The van der Waals surface area contributed by atoms with Crippen LogP contribution in [0, 0.1) is 6.92 Å². The van der Waals surface area contributed by atoms with E-state index in [1.54, 1.807) is 22.2 Å². The summed E-state index contributed by atoms with van der Waals surface area (Å²) in [5, 5.41) is 7.23. The van der Waals surface area contributed by atoms with Crippen LogP contribution in [-0.4, -0.2) is 25.4 Å². The predicted molar refractivity (Wildman–Crippen MR) is 130 cm³/mol. The van der Waals surface area contributed by atoms with Gasteiger partial charge in [0.2, 0.25) is 11.5 Å². The molecule has 0 fully saturated rings. The molecule has 8 heteroatoms. The van der Waals surface area contributed by atoms with Crippen molar-refractivity contribution >= 4 is 50.8 Å². The predicted octanol–water partition coefficient (Wildman–Crippen LogP) is 4.55. The van der Waals surface area contributed by atoms with Crippen molar-refractivity contribution in [2.75, 3.05) is 0 Å². The summed E-state index contributed by atoms with van der Waals surface area (Å²) in [6.45, 7) is 4.80. The van der Waals surface area contributed by atoms with Crippen LogP contribution >= 0.6 is 11.3 Å². The first-order chi connectivity index (χ1) is 15.7. The van der Waals surface area contributed by atoms with Crippen molar-refractivity contribution in [1.82, 2.24) is 19.2 Å². The van der Waals surface area contributed by atoms with Crippen molar-refractivity contribution in [1.29, 1.82) is 0 Å². The maximum atomic E-state index is 13.6. The van der Waals surface area contributed by atoms with Crippen LogP contribution < -0.4 is 10.5 Å². The molecule has 0 saturated carbocycles. The number of thiophene rings is 1. The molecule has 0 radical (unpaired) electrons. The number of H-pyrrole nitrogens is 1. The summed E-state index contributed by atoms with van der Waals surface area (Å²) in [7, 11) is 0. The van der Waals surface area contributed by atoms with Crippen LogP contribution in [0.4, 0.5) is 0 Å². The van der Waals surface area contributed by atoms with Crippen LogP contribution in [0.3, 0.4) is 0 Å². The lowest BCUT2D eigenvalue weighted by Crippen LogP contribution is -2.31. The third kappa shape index (κ3) is 3.60. The molecule has 0 saturated heterocycles. The molecule has 1 aromatic carbocycles. The van der Waals surface area contributed by atoms with E-state index >= 15 is 0 Å². The van der Waals surface area contributed by atoms with Gasteiger partial charge in [-0.3, -0.25) is 0 Å². The Morgan fingerprint density at radius 3 is 2.66 bits per heavy atom. The number of nitrogens with one attached hydrogen (secondary N) is 1. The van der Waals surface area contributed by atoms with Gasteiger partial charge in [0.25, 0.3) is 5.65 Å². The number of fused-ring (bicyclic) bond motifs is 4. The number of benzene rings is 1. The minimum Gasteiger partial charge on any atom is -0.250 e. The molecule has 4 heterocycles. The Labute approximate surface area is 189 Å². The molecule has 0 bridgehead atoms. The van der Waals surface area contributed by atoms with Crippen LogP contribution in [0.5, 0.6) is 0 Å². The minimum atomic E-state index is -0.0487. The topological polar surface area (TPSA) is 79.2 Å². The average Bonchev–Trinajstić information content (AvgIpc) is 3.41. The molecule has 1 N–H and O–H groups in total. The Morgan fingerprint density at radius 1 is 1.09 bits per heavy atom. The highest BCUT2D eigenvalue weighted by Crippen LogP contribution is 2.24. The highest BCUT2D eigenvalue weighted by Gasteiger charge is 2.26. The molecule has 5 rings (SSSR count). The van der Waals surface area contributed by atoms with Gasteiger partial charge in [-0.25, -0.2) is 24.3 Å². The van der Waals surface area contributed by atoms with Crippen LogP contribution in [0.1, 0.15) is 43.3 Å². The number of hydrogen-bond donors (Lipinski definition) is 0. The quantitative estimate of drug-likeness (QED) is 0.272. The monoisotopic (exact) mass is 445 g/mol. The van der Waals surface area contributed by atoms with E-state index in [9.17, 15) is 4.79 Å². The lowest BCUT2D eigenvalue weighted by molar-refractivity contribution is -0.368. The second-order valence-electron chi connectivity index (χ2n) is 7.91. The molecular weight excluding hydrogens is 420 g/mol. The zero-order valence-electron chi connectivity index (χ0n) is 18.2. The number of aromatic amines is 1. The van der Waals surface area contributed by atoms with Crippen LogP contribution in [-0.2, 0) is 6.54 Å². The summed E-state index contributed by atoms with van der Waals surface area (Å²) in [6.07, 6.45) is 6.21. The maximum absolute atomic E-state index is 13.6. The molecule has 5 aromatic rings. The van der Waals surface area contributed by atoms with E-state index in [1.807, 2.05) is 53.3 Å². The molecule has 0 unspecified atom stereocenters. The fraction of sp³-hybridized carbons (Fsp3) is 0.292. The smallest absolute Gasteiger partial charge is 0.250 e. The van der Waals surface area contributed by atoms with Crippen molar-refractivity contribution < 1.29 is 4.98 Å². The lowest BCUT2D eigenvalue weighted by Gasteiger charge is -2.04. The number of nitrogens with zero attached hydrogens (tertiary/aromatic N) is 5. The summed E-state index contributed by atoms with van der Waals surface area (Å²) in [5.41, 5.74) is 3.25. The summed E-state index contributed by atoms with van der Waals surface area (Å²) < 4.78 is 3.53. The molecule has 4 aromatic heterocycles. The van der Waals surface area contributed by atoms with Gasteiger partial charge in [-0.2, -0.15) is 0 Å². The Kier molecular flexibility index (Phi) is 5.53. The first-order valence-electron chi connectivity index (χ1n) is 11.0. The molecule has 0 atom stereocenters. The second kappa shape index (κ2) is 8.63. The van der Waals surface area contributed by atoms with E-state index in [4.69, 9.17) is 15.1 Å². The van der Waals surface area contributed by atoms with Gasteiger partial charge in [0.05, 0.1) is 23.8 Å². The van der Waals surface area contributed by atoms with Crippen molar-refractivity contribution in [2.45, 2.75) is 46.1 Å². The number of para-hydroxylation sites is 2.